The van der Waals surface area contributed by atoms with Crippen molar-refractivity contribution >= 4 is 11.6 Å². The van der Waals surface area contributed by atoms with Gasteiger partial charge in [-0.25, -0.2) is 0 Å². The Morgan fingerprint density at radius 3 is 2.68 bits per heavy atom. The van der Waals surface area contributed by atoms with Crippen molar-refractivity contribution in [2.75, 3.05) is 5.32 Å². The molecule has 0 bridgehead atoms. The van der Waals surface area contributed by atoms with Crippen LogP contribution in [-0.2, 0) is 4.79 Å². The minimum absolute atomic E-state index is 0.0398. The Hall–Kier alpha value is -2.38. The summed E-state index contributed by atoms with van der Waals surface area (Å²) >= 11 is 0. The van der Waals surface area contributed by atoms with Crippen molar-refractivity contribution in [1.29, 1.82) is 0 Å². The third-order valence-electron chi connectivity index (χ3n) is 2.35. The van der Waals surface area contributed by atoms with Gasteiger partial charge in [-0.3, -0.25) is 4.79 Å². The summed E-state index contributed by atoms with van der Waals surface area (Å²) in [6.45, 7) is 1.57. The fourth-order valence-electron chi connectivity index (χ4n) is 1.38. The van der Waals surface area contributed by atoms with Crippen LogP contribution in [0.1, 0.15) is 5.56 Å². The van der Waals surface area contributed by atoms with Crippen LogP contribution in [0.3, 0.4) is 0 Å². The largest absolute Gasteiger partial charge is 0.471 e. The van der Waals surface area contributed by atoms with E-state index in [2.05, 4.69) is 10.2 Å². The van der Waals surface area contributed by atoms with E-state index in [1.165, 1.54) is 6.07 Å². The van der Waals surface area contributed by atoms with E-state index in [0.29, 0.717) is 11.1 Å². The number of rotatable bonds is 2. The highest BCUT2D eigenvalue weighted by Gasteiger charge is 2.38. The number of benzene rings is 1. The summed E-state index contributed by atoms with van der Waals surface area (Å²) in [5.41, 5.74) is 0.944. The van der Waals surface area contributed by atoms with Crippen molar-refractivity contribution in [3.63, 3.8) is 0 Å². The second-order valence-electron chi connectivity index (χ2n) is 3.73. The Bertz CT molecular complexity index is 594. The molecule has 100 valence electrons. The maximum atomic E-state index is 12.2. The molecule has 1 aromatic heterocycles. The van der Waals surface area contributed by atoms with Gasteiger partial charge in [-0.05, 0) is 24.6 Å². The normalized spacial score (nSPS) is 11.4. The Balaban J connectivity index is 2.31. The van der Waals surface area contributed by atoms with E-state index in [1.807, 2.05) is 0 Å². The van der Waals surface area contributed by atoms with Crippen molar-refractivity contribution < 1.29 is 22.4 Å². The average molecular weight is 271 g/mol. The summed E-state index contributed by atoms with van der Waals surface area (Å²) in [5, 5.41) is 8.90. The van der Waals surface area contributed by atoms with Crippen LogP contribution in [0.5, 0.6) is 0 Å². The fraction of sp³-hybridized carbons (Fsp3) is 0.182. The van der Waals surface area contributed by atoms with Gasteiger partial charge in [-0.15, -0.1) is 10.2 Å². The molecule has 8 heteroatoms. The van der Waals surface area contributed by atoms with E-state index in [-0.39, 0.29) is 11.6 Å². The summed E-state index contributed by atoms with van der Waals surface area (Å²) in [6.07, 6.45) is -3.84. The van der Waals surface area contributed by atoms with Crippen molar-refractivity contribution in [3.8, 4) is 11.5 Å². The van der Waals surface area contributed by atoms with Crippen LogP contribution >= 0.6 is 0 Å². The smallest absolute Gasteiger partial charge is 0.423 e. The van der Waals surface area contributed by atoms with Gasteiger partial charge >= 0.3 is 12.1 Å². The van der Waals surface area contributed by atoms with Gasteiger partial charge in [0.2, 0.25) is 12.3 Å². The molecule has 0 radical (unpaired) electrons. The van der Waals surface area contributed by atoms with Crippen LogP contribution < -0.4 is 5.32 Å². The van der Waals surface area contributed by atoms with Crippen LogP contribution in [0.2, 0.25) is 0 Å². The number of carbonyl (C=O) groups excluding carboxylic acids is 1. The SMILES string of the molecule is Cc1ccc(-c2nnco2)cc1NC(=O)C(F)(F)F. The summed E-state index contributed by atoms with van der Waals surface area (Å²) in [7, 11) is 0. The highest BCUT2D eigenvalue weighted by Crippen LogP contribution is 2.25. The van der Waals surface area contributed by atoms with Crippen LogP contribution in [0.4, 0.5) is 18.9 Å². The van der Waals surface area contributed by atoms with E-state index in [4.69, 9.17) is 4.42 Å². The Kier molecular flexibility index (Phi) is 3.24. The van der Waals surface area contributed by atoms with Crippen LogP contribution in [-0.4, -0.2) is 22.3 Å². The fourth-order valence-corrected chi connectivity index (χ4v) is 1.38. The zero-order valence-electron chi connectivity index (χ0n) is 9.65. The van der Waals surface area contributed by atoms with Gasteiger partial charge in [0, 0.05) is 11.3 Å². The molecule has 0 aliphatic carbocycles. The number of hydrogen-bond donors (Lipinski definition) is 1. The number of alkyl halides is 3. The number of anilines is 1. The Morgan fingerprint density at radius 1 is 1.37 bits per heavy atom. The predicted molar refractivity (Wildman–Crippen MR) is 59.2 cm³/mol. The number of aryl methyl sites for hydroxylation is 1. The third-order valence-corrected chi connectivity index (χ3v) is 2.35. The van der Waals surface area contributed by atoms with E-state index in [9.17, 15) is 18.0 Å². The maximum absolute atomic E-state index is 12.2. The van der Waals surface area contributed by atoms with Crippen molar-refractivity contribution in [2.45, 2.75) is 13.1 Å². The van der Waals surface area contributed by atoms with Crippen molar-refractivity contribution in [3.05, 3.63) is 30.2 Å². The number of amides is 1. The first-order valence-corrected chi connectivity index (χ1v) is 5.13. The monoisotopic (exact) mass is 271 g/mol. The Labute approximate surface area is 105 Å². The maximum Gasteiger partial charge on any atom is 0.471 e. The molecule has 0 saturated carbocycles. The number of aromatic nitrogens is 2. The molecule has 0 spiro atoms. The molecule has 0 aliphatic rings. The van der Waals surface area contributed by atoms with Gasteiger partial charge < -0.3 is 9.73 Å². The van der Waals surface area contributed by atoms with Crippen LogP contribution in [0, 0.1) is 6.92 Å². The number of nitrogens with zero attached hydrogens (tertiary/aromatic N) is 2. The van der Waals surface area contributed by atoms with E-state index >= 15 is 0 Å². The van der Waals surface area contributed by atoms with Crippen LogP contribution in [0.15, 0.2) is 29.0 Å². The Morgan fingerprint density at radius 2 is 2.11 bits per heavy atom. The molecule has 2 rings (SSSR count). The summed E-state index contributed by atoms with van der Waals surface area (Å²) < 4.78 is 41.5. The average Bonchev–Trinajstić information content (AvgIpc) is 2.84. The second-order valence-corrected chi connectivity index (χ2v) is 3.73. The lowest BCUT2D eigenvalue weighted by Crippen LogP contribution is -2.30. The highest BCUT2D eigenvalue weighted by molar-refractivity contribution is 5.96. The number of hydrogen-bond acceptors (Lipinski definition) is 4. The molecule has 0 atom stereocenters. The number of halogens is 3. The molecule has 1 N–H and O–H groups in total. The number of carbonyl (C=O) groups is 1. The van der Waals surface area contributed by atoms with Gasteiger partial charge in [0.05, 0.1) is 0 Å². The first-order valence-electron chi connectivity index (χ1n) is 5.13. The molecule has 1 amide bonds. The van der Waals surface area contributed by atoms with Gasteiger partial charge in [0.25, 0.3) is 0 Å². The molecule has 19 heavy (non-hydrogen) atoms. The zero-order chi connectivity index (χ0) is 14.0. The molecule has 0 saturated heterocycles. The molecule has 0 aliphatic heterocycles. The standard InChI is InChI=1S/C11H8F3N3O2/c1-6-2-3-7(9-17-15-5-19-9)4-8(6)16-10(18)11(12,13)14/h2-5H,1H3,(H,16,18). The molecular weight excluding hydrogens is 263 g/mol. The van der Waals surface area contributed by atoms with Crippen molar-refractivity contribution in [2.24, 2.45) is 0 Å². The molecule has 0 unspecified atom stereocenters. The third kappa shape index (κ3) is 2.90. The molecule has 2 aromatic rings. The first-order chi connectivity index (χ1) is 8.88. The first kappa shape index (κ1) is 13.1. The summed E-state index contributed by atoms with van der Waals surface area (Å²) in [5.74, 6) is -1.87. The predicted octanol–water partition coefficient (Wildman–Crippen LogP) is 2.55. The van der Waals surface area contributed by atoms with Gasteiger partial charge in [0.15, 0.2) is 0 Å². The quantitative estimate of drug-likeness (QED) is 0.911. The van der Waals surface area contributed by atoms with Gasteiger partial charge in [-0.1, -0.05) is 6.07 Å². The van der Waals surface area contributed by atoms with E-state index in [0.717, 1.165) is 6.39 Å². The lowest BCUT2D eigenvalue weighted by Gasteiger charge is -2.11. The zero-order valence-corrected chi connectivity index (χ0v) is 9.65. The molecule has 5 nitrogen and oxygen atoms in total. The number of nitrogens with one attached hydrogen (secondary N) is 1. The highest BCUT2D eigenvalue weighted by atomic mass is 19.4. The van der Waals surface area contributed by atoms with Gasteiger partial charge in [-0.2, -0.15) is 13.2 Å². The van der Waals surface area contributed by atoms with Gasteiger partial charge in [0.1, 0.15) is 0 Å². The van der Waals surface area contributed by atoms with E-state index < -0.39 is 12.1 Å². The second kappa shape index (κ2) is 4.71. The topological polar surface area (TPSA) is 68.0 Å². The lowest BCUT2D eigenvalue weighted by atomic mass is 10.1. The molecule has 1 aromatic carbocycles. The van der Waals surface area contributed by atoms with Crippen molar-refractivity contribution in [1.82, 2.24) is 10.2 Å². The molecule has 0 fully saturated rings. The van der Waals surface area contributed by atoms with E-state index in [1.54, 1.807) is 24.4 Å². The summed E-state index contributed by atoms with van der Waals surface area (Å²) in [4.78, 5) is 10.9. The molecular formula is C11H8F3N3O2. The minimum Gasteiger partial charge on any atom is -0.423 e. The lowest BCUT2D eigenvalue weighted by molar-refractivity contribution is -0.167. The van der Waals surface area contributed by atoms with Crippen LogP contribution in [0.25, 0.3) is 11.5 Å². The molecule has 1 heterocycles. The minimum atomic E-state index is -4.94. The summed E-state index contributed by atoms with van der Waals surface area (Å²) in [6, 6.07) is 4.49.